The highest BCUT2D eigenvalue weighted by Crippen LogP contribution is 2.34. The molecule has 40 heavy (non-hydrogen) atoms. The molecular formula is C31H34FN3O5. The monoisotopic (exact) mass is 547 g/mol. The lowest BCUT2D eigenvalue weighted by atomic mass is 9.79. The second-order valence-corrected chi connectivity index (χ2v) is 10.2. The summed E-state index contributed by atoms with van der Waals surface area (Å²) in [7, 11) is 1.60. The molecule has 8 nitrogen and oxygen atoms in total. The number of likely N-dealkylation sites (tertiary alicyclic amines) is 1. The lowest BCUT2D eigenvalue weighted by Crippen LogP contribution is -2.41. The van der Waals surface area contributed by atoms with E-state index in [1.54, 1.807) is 13.3 Å². The van der Waals surface area contributed by atoms with E-state index in [4.69, 9.17) is 4.74 Å². The third-order valence-corrected chi connectivity index (χ3v) is 7.38. The van der Waals surface area contributed by atoms with Gasteiger partial charge in [-0.25, -0.2) is 4.39 Å². The van der Waals surface area contributed by atoms with Crippen LogP contribution in [0.1, 0.15) is 49.8 Å². The van der Waals surface area contributed by atoms with Crippen molar-refractivity contribution in [3.63, 3.8) is 0 Å². The number of carboxylic acid groups (broad SMARTS) is 1. The lowest BCUT2D eigenvalue weighted by molar-refractivity contribution is -0.139. The molecule has 3 N–H and O–H groups in total. The minimum absolute atomic E-state index is 0.0383. The summed E-state index contributed by atoms with van der Waals surface area (Å²) >= 11 is 0. The largest absolute Gasteiger partial charge is 0.497 e. The summed E-state index contributed by atoms with van der Waals surface area (Å²) in [6.07, 6.45) is 2.99. The average molecular weight is 548 g/mol. The zero-order valence-electron chi connectivity index (χ0n) is 22.7. The van der Waals surface area contributed by atoms with Crippen LogP contribution in [-0.2, 0) is 9.59 Å². The van der Waals surface area contributed by atoms with Gasteiger partial charge in [0.1, 0.15) is 11.6 Å². The molecule has 0 spiro atoms. The van der Waals surface area contributed by atoms with Crippen LogP contribution < -0.4 is 10.1 Å². The van der Waals surface area contributed by atoms with E-state index in [1.807, 2.05) is 24.3 Å². The summed E-state index contributed by atoms with van der Waals surface area (Å²) in [5.41, 5.74) is 2.39. The first-order valence-corrected chi connectivity index (χ1v) is 13.3. The van der Waals surface area contributed by atoms with Gasteiger partial charge in [0.15, 0.2) is 0 Å². The van der Waals surface area contributed by atoms with Gasteiger partial charge in [-0.1, -0.05) is 11.8 Å². The molecule has 210 valence electrons. The Morgan fingerprint density at radius 2 is 2.05 bits per heavy atom. The summed E-state index contributed by atoms with van der Waals surface area (Å²) in [5.74, 6) is 5.19. The number of pyridine rings is 1. The topological polar surface area (TPSA) is 112 Å². The number of aromatic nitrogens is 1. The number of piperidine rings is 1. The molecule has 1 saturated heterocycles. The fraction of sp³-hybridized carbons (Fsp3) is 0.387. The second kappa shape index (κ2) is 13.4. The average Bonchev–Trinajstić information content (AvgIpc) is 2.92. The van der Waals surface area contributed by atoms with E-state index in [0.29, 0.717) is 42.9 Å². The number of amides is 1. The minimum atomic E-state index is -0.851. The number of methoxy groups -OCH3 is 1. The molecule has 1 unspecified atom stereocenters. The van der Waals surface area contributed by atoms with Crippen molar-refractivity contribution in [1.82, 2.24) is 9.88 Å². The van der Waals surface area contributed by atoms with Crippen LogP contribution >= 0.6 is 0 Å². The van der Waals surface area contributed by atoms with E-state index in [9.17, 15) is 24.2 Å². The number of halogens is 1. The summed E-state index contributed by atoms with van der Waals surface area (Å²) in [6.45, 7) is 3.08. The Hall–Kier alpha value is -4.00. The molecule has 1 aromatic heterocycles. The molecule has 3 aromatic rings. The highest BCUT2D eigenvalue weighted by Gasteiger charge is 2.31. The molecule has 0 aliphatic carbocycles. The summed E-state index contributed by atoms with van der Waals surface area (Å²) in [4.78, 5) is 29.6. The van der Waals surface area contributed by atoms with E-state index in [1.165, 1.54) is 25.1 Å². The molecular weight excluding hydrogens is 513 g/mol. The summed E-state index contributed by atoms with van der Waals surface area (Å²) in [6, 6.07) is 11.4. The number of aliphatic hydroxyl groups excluding tert-OH is 1. The van der Waals surface area contributed by atoms with Gasteiger partial charge in [-0.05, 0) is 85.7 Å². The number of fused-ring (bicyclic) bond motifs is 1. The first-order chi connectivity index (χ1) is 19.2. The van der Waals surface area contributed by atoms with Gasteiger partial charge in [-0.3, -0.25) is 19.5 Å². The normalized spacial score (nSPS) is 18.0. The molecule has 1 amide bonds. The lowest BCUT2D eigenvalue weighted by Gasteiger charge is -2.37. The zero-order valence-corrected chi connectivity index (χ0v) is 22.7. The standard InChI is InChI=1S/C31H34FN3O5/c1-20(36)34-28-8-6-24(32)16-22(28)4-3-14-35-15-12-21(23(19-35)17-31(38)39)5-10-30(37)26-11-13-33-29-9-7-25(40-2)18-27(26)29/h6-9,11,13,16,18,21,23,30,37H,5,10,12,14-15,17,19H2,1-2H3,(H,34,36)(H,38,39)/t21-,23+,30?/m1/s1. The summed E-state index contributed by atoms with van der Waals surface area (Å²) in [5, 5.41) is 24.1. The number of aliphatic carboxylic acids is 1. The first-order valence-electron chi connectivity index (χ1n) is 13.3. The van der Waals surface area contributed by atoms with Crippen molar-refractivity contribution < 1.29 is 28.9 Å². The number of aliphatic hydroxyl groups is 1. The quantitative estimate of drug-likeness (QED) is 0.335. The van der Waals surface area contributed by atoms with Crippen molar-refractivity contribution in [2.45, 2.75) is 38.7 Å². The van der Waals surface area contributed by atoms with Gasteiger partial charge in [0.2, 0.25) is 5.91 Å². The smallest absolute Gasteiger partial charge is 0.303 e. The number of rotatable bonds is 9. The van der Waals surface area contributed by atoms with Crippen LogP contribution in [0.2, 0.25) is 0 Å². The number of nitrogens with one attached hydrogen (secondary N) is 1. The van der Waals surface area contributed by atoms with Crippen molar-refractivity contribution >= 4 is 28.5 Å². The zero-order chi connectivity index (χ0) is 28.6. The van der Waals surface area contributed by atoms with Crippen molar-refractivity contribution in [2.24, 2.45) is 11.8 Å². The molecule has 0 radical (unpaired) electrons. The second-order valence-electron chi connectivity index (χ2n) is 10.2. The van der Waals surface area contributed by atoms with Gasteiger partial charge in [0.25, 0.3) is 0 Å². The number of carboxylic acids is 1. The van der Waals surface area contributed by atoms with Gasteiger partial charge in [0, 0.05) is 31.5 Å². The fourth-order valence-corrected chi connectivity index (χ4v) is 5.39. The molecule has 1 aliphatic rings. The van der Waals surface area contributed by atoms with Crippen molar-refractivity contribution in [1.29, 1.82) is 0 Å². The fourth-order valence-electron chi connectivity index (χ4n) is 5.39. The van der Waals surface area contributed by atoms with Gasteiger partial charge in [-0.15, -0.1) is 0 Å². The Labute approximate surface area is 233 Å². The molecule has 4 rings (SSSR count). The van der Waals surface area contributed by atoms with E-state index < -0.39 is 17.9 Å². The van der Waals surface area contributed by atoms with Crippen molar-refractivity contribution in [3.8, 4) is 17.6 Å². The van der Waals surface area contributed by atoms with Gasteiger partial charge < -0.3 is 20.3 Å². The Balaban J connectivity index is 1.40. The van der Waals surface area contributed by atoms with E-state index in [2.05, 4.69) is 27.0 Å². The number of carbonyl (C=O) groups is 2. The molecule has 2 heterocycles. The van der Waals surface area contributed by atoms with Crippen LogP contribution in [0.4, 0.5) is 10.1 Å². The maximum Gasteiger partial charge on any atom is 0.303 e. The molecule has 9 heteroatoms. The molecule has 1 aliphatic heterocycles. The van der Waals surface area contributed by atoms with Gasteiger partial charge in [0.05, 0.1) is 36.5 Å². The maximum absolute atomic E-state index is 13.8. The Morgan fingerprint density at radius 1 is 1.23 bits per heavy atom. The van der Waals surface area contributed by atoms with Crippen LogP contribution in [-0.4, -0.2) is 58.7 Å². The number of ether oxygens (including phenoxy) is 1. The third-order valence-electron chi connectivity index (χ3n) is 7.38. The van der Waals surface area contributed by atoms with Crippen LogP contribution in [0.15, 0.2) is 48.7 Å². The highest BCUT2D eigenvalue weighted by molar-refractivity contribution is 5.90. The number of hydrogen-bond acceptors (Lipinski definition) is 6. The first kappa shape index (κ1) is 29.0. The highest BCUT2D eigenvalue weighted by atomic mass is 19.1. The molecule has 3 atom stereocenters. The Bertz CT molecular complexity index is 1430. The van der Waals surface area contributed by atoms with E-state index >= 15 is 0 Å². The number of benzene rings is 2. The Morgan fingerprint density at radius 3 is 2.80 bits per heavy atom. The molecule has 0 bridgehead atoms. The number of carbonyl (C=O) groups excluding carboxylic acids is 1. The third kappa shape index (κ3) is 7.56. The number of nitrogens with zero attached hydrogens (tertiary/aromatic N) is 2. The summed E-state index contributed by atoms with van der Waals surface area (Å²) < 4.78 is 19.1. The predicted octanol–water partition coefficient (Wildman–Crippen LogP) is 4.62. The molecule has 2 aromatic carbocycles. The number of hydrogen-bond donors (Lipinski definition) is 3. The molecule has 0 saturated carbocycles. The SMILES string of the molecule is COc1ccc2nccc(C(O)CC[C@@H]3CCN(CC#Cc4cc(F)ccc4NC(C)=O)C[C@@H]3CC(=O)O)c2c1. The Kier molecular flexibility index (Phi) is 9.70. The van der Waals surface area contributed by atoms with Crippen molar-refractivity contribution in [2.75, 3.05) is 32.1 Å². The van der Waals surface area contributed by atoms with Gasteiger partial charge >= 0.3 is 5.97 Å². The molecule has 1 fully saturated rings. The van der Waals surface area contributed by atoms with Crippen LogP contribution in [0, 0.1) is 29.5 Å². The van der Waals surface area contributed by atoms with Crippen LogP contribution in [0.25, 0.3) is 10.9 Å². The maximum atomic E-state index is 13.8. The van der Waals surface area contributed by atoms with Gasteiger partial charge in [-0.2, -0.15) is 0 Å². The predicted molar refractivity (Wildman–Crippen MR) is 150 cm³/mol. The van der Waals surface area contributed by atoms with Crippen molar-refractivity contribution in [3.05, 3.63) is 65.6 Å². The van der Waals surface area contributed by atoms with E-state index in [0.717, 1.165) is 29.4 Å². The van der Waals surface area contributed by atoms with Crippen LogP contribution in [0.3, 0.4) is 0 Å². The number of anilines is 1. The minimum Gasteiger partial charge on any atom is -0.497 e. The van der Waals surface area contributed by atoms with E-state index in [-0.39, 0.29) is 24.2 Å². The van der Waals surface area contributed by atoms with Crippen LogP contribution in [0.5, 0.6) is 5.75 Å².